The van der Waals surface area contributed by atoms with Crippen molar-refractivity contribution in [3.05, 3.63) is 59.1 Å². The van der Waals surface area contributed by atoms with Gasteiger partial charge in [-0.2, -0.15) is 0 Å². The topological polar surface area (TPSA) is 63.7 Å². The number of rotatable bonds is 6. The molecule has 1 aromatic carbocycles. The number of hydrogen-bond acceptors (Lipinski definition) is 4. The highest BCUT2D eigenvalue weighted by molar-refractivity contribution is 5.86. The molecule has 0 aromatic heterocycles. The summed E-state index contributed by atoms with van der Waals surface area (Å²) in [6.07, 6.45) is 0. The standard InChI is InChI=1S/C17H16N2O3/c1-12(2)17(20)22-10-9-21-15-7-5-14(6-8-15)13(3)16(11-18)19-4/h5-8H,1,9-10H2,2-3H3/b16-13-. The highest BCUT2D eigenvalue weighted by Crippen LogP contribution is 2.21. The van der Waals surface area contributed by atoms with E-state index < -0.39 is 5.97 Å². The van der Waals surface area contributed by atoms with E-state index in [2.05, 4.69) is 11.4 Å². The molecule has 1 rings (SSSR count). The molecule has 0 atom stereocenters. The maximum absolute atomic E-state index is 11.2. The predicted molar refractivity (Wildman–Crippen MR) is 82.5 cm³/mol. The summed E-state index contributed by atoms with van der Waals surface area (Å²) in [6.45, 7) is 14.1. The van der Waals surface area contributed by atoms with Gasteiger partial charge in [0, 0.05) is 5.57 Å². The molecule has 0 unspecified atom stereocenters. The lowest BCUT2D eigenvalue weighted by Gasteiger charge is -2.08. The third kappa shape index (κ3) is 4.81. The summed E-state index contributed by atoms with van der Waals surface area (Å²) < 4.78 is 10.3. The summed E-state index contributed by atoms with van der Waals surface area (Å²) in [7, 11) is 0. The van der Waals surface area contributed by atoms with Crippen LogP contribution in [0.25, 0.3) is 10.4 Å². The van der Waals surface area contributed by atoms with Crippen molar-refractivity contribution in [3.63, 3.8) is 0 Å². The second-order valence-electron chi connectivity index (χ2n) is 4.49. The number of hydrogen-bond donors (Lipinski definition) is 0. The van der Waals surface area contributed by atoms with Crippen molar-refractivity contribution in [1.82, 2.24) is 0 Å². The van der Waals surface area contributed by atoms with Gasteiger partial charge in [0.05, 0.1) is 12.6 Å². The van der Waals surface area contributed by atoms with Crippen molar-refractivity contribution in [3.8, 4) is 11.8 Å². The molecular formula is C17H16N2O3. The number of carbonyl (C=O) groups excluding carboxylic acids is 1. The van der Waals surface area contributed by atoms with Crippen LogP contribution in [0, 0.1) is 17.9 Å². The van der Waals surface area contributed by atoms with E-state index in [9.17, 15) is 4.79 Å². The first-order valence-electron chi connectivity index (χ1n) is 6.54. The summed E-state index contributed by atoms with van der Waals surface area (Å²) in [6, 6.07) is 8.88. The zero-order valence-corrected chi connectivity index (χ0v) is 12.5. The maximum atomic E-state index is 11.2. The van der Waals surface area contributed by atoms with Crippen LogP contribution in [0.15, 0.2) is 42.1 Å². The number of esters is 1. The highest BCUT2D eigenvalue weighted by Gasteiger charge is 2.05. The van der Waals surface area contributed by atoms with Crippen molar-refractivity contribution in [1.29, 1.82) is 5.26 Å². The van der Waals surface area contributed by atoms with Gasteiger partial charge in [-0.15, -0.1) is 0 Å². The number of benzene rings is 1. The Hall–Kier alpha value is -3.05. The molecular weight excluding hydrogens is 280 g/mol. The minimum Gasteiger partial charge on any atom is -0.490 e. The average molecular weight is 296 g/mol. The van der Waals surface area contributed by atoms with Crippen molar-refractivity contribution in [2.75, 3.05) is 13.2 Å². The lowest BCUT2D eigenvalue weighted by Crippen LogP contribution is -2.12. The number of allylic oxidation sites excluding steroid dienone is 2. The summed E-state index contributed by atoms with van der Waals surface area (Å²) in [5.41, 5.74) is 1.83. The van der Waals surface area contributed by atoms with Gasteiger partial charge in [-0.1, -0.05) is 18.7 Å². The largest absolute Gasteiger partial charge is 0.490 e. The fourth-order valence-corrected chi connectivity index (χ4v) is 1.55. The van der Waals surface area contributed by atoms with E-state index >= 15 is 0 Å². The van der Waals surface area contributed by atoms with Crippen LogP contribution in [-0.4, -0.2) is 19.2 Å². The Labute approximate surface area is 129 Å². The van der Waals surface area contributed by atoms with Crippen molar-refractivity contribution < 1.29 is 14.3 Å². The van der Waals surface area contributed by atoms with Crippen LogP contribution in [0.3, 0.4) is 0 Å². The van der Waals surface area contributed by atoms with Gasteiger partial charge in [-0.3, -0.25) is 0 Å². The van der Waals surface area contributed by atoms with Crippen LogP contribution in [0.2, 0.25) is 0 Å². The molecule has 0 spiro atoms. The van der Waals surface area contributed by atoms with E-state index in [0.29, 0.717) is 16.9 Å². The monoisotopic (exact) mass is 296 g/mol. The summed E-state index contributed by atoms with van der Waals surface area (Å²) in [4.78, 5) is 14.3. The molecule has 0 aliphatic rings. The first-order valence-corrected chi connectivity index (χ1v) is 6.54. The number of nitriles is 1. The fraction of sp³-hybridized carbons (Fsp3) is 0.235. The van der Waals surface area contributed by atoms with E-state index in [-0.39, 0.29) is 18.9 Å². The molecule has 22 heavy (non-hydrogen) atoms. The van der Waals surface area contributed by atoms with E-state index in [1.807, 2.05) is 6.07 Å². The van der Waals surface area contributed by atoms with Crippen molar-refractivity contribution >= 4 is 11.5 Å². The lowest BCUT2D eigenvalue weighted by molar-refractivity contribution is -0.139. The van der Waals surface area contributed by atoms with Gasteiger partial charge in [0.1, 0.15) is 19.0 Å². The van der Waals surface area contributed by atoms with Crippen LogP contribution in [0.5, 0.6) is 5.75 Å². The first kappa shape index (κ1) is 17.0. The summed E-state index contributed by atoms with van der Waals surface area (Å²) >= 11 is 0. The quantitative estimate of drug-likeness (QED) is 0.265. The second-order valence-corrected chi connectivity index (χ2v) is 4.49. The van der Waals surface area contributed by atoms with E-state index in [0.717, 1.165) is 5.56 Å². The van der Waals surface area contributed by atoms with Gasteiger partial charge in [0.2, 0.25) is 0 Å². The van der Waals surface area contributed by atoms with Crippen LogP contribution < -0.4 is 4.74 Å². The molecule has 5 heteroatoms. The Morgan fingerprint density at radius 3 is 2.45 bits per heavy atom. The molecule has 112 valence electrons. The van der Waals surface area contributed by atoms with Crippen molar-refractivity contribution in [2.45, 2.75) is 13.8 Å². The molecule has 0 bridgehead atoms. The van der Waals surface area contributed by atoms with Crippen LogP contribution in [0.1, 0.15) is 19.4 Å². The molecule has 0 saturated heterocycles. The lowest BCUT2D eigenvalue weighted by atomic mass is 10.1. The van der Waals surface area contributed by atoms with Gasteiger partial charge in [-0.25, -0.2) is 14.9 Å². The Kier molecular flexibility index (Phi) is 6.40. The zero-order valence-electron chi connectivity index (χ0n) is 12.5. The van der Waals surface area contributed by atoms with Crippen LogP contribution in [-0.2, 0) is 9.53 Å². The fourth-order valence-electron chi connectivity index (χ4n) is 1.55. The Morgan fingerprint density at radius 1 is 1.32 bits per heavy atom. The third-order valence-electron chi connectivity index (χ3n) is 2.79. The summed E-state index contributed by atoms with van der Waals surface area (Å²) in [5, 5.41) is 8.85. The molecule has 0 aliphatic carbocycles. The van der Waals surface area contributed by atoms with Gasteiger partial charge >= 0.3 is 5.97 Å². The molecule has 0 fully saturated rings. The molecule has 0 saturated carbocycles. The smallest absolute Gasteiger partial charge is 0.333 e. The molecule has 0 radical (unpaired) electrons. The zero-order chi connectivity index (χ0) is 16.5. The number of nitrogens with zero attached hydrogens (tertiary/aromatic N) is 2. The van der Waals surface area contributed by atoms with Gasteiger partial charge < -0.3 is 9.47 Å². The number of carbonyl (C=O) groups is 1. The second kappa shape index (κ2) is 8.28. The molecule has 0 N–H and O–H groups in total. The molecule has 1 aromatic rings. The summed E-state index contributed by atoms with van der Waals surface area (Å²) in [5.74, 6) is 0.173. The van der Waals surface area contributed by atoms with Crippen LogP contribution in [0.4, 0.5) is 0 Å². The van der Waals surface area contributed by atoms with E-state index in [4.69, 9.17) is 21.3 Å². The van der Waals surface area contributed by atoms with Gasteiger partial charge in [0.15, 0.2) is 0 Å². The molecule has 0 amide bonds. The minimum absolute atomic E-state index is 0.0698. The first-order chi connectivity index (χ1) is 10.5. The molecule has 0 heterocycles. The number of ether oxygens (including phenoxy) is 2. The Balaban J connectivity index is 2.59. The average Bonchev–Trinajstić information content (AvgIpc) is 2.52. The predicted octanol–water partition coefficient (Wildman–Crippen LogP) is 3.36. The molecule has 0 aliphatic heterocycles. The normalized spacial score (nSPS) is 10.7. The Bertz CT molecular complexity index is 657. The van der Waals surface area contributed by atoms with Gasteiger partial charge in [-0.05, 0) is 37.1 Å². The van der Waals surface area contributed by atoms with E-state index in [1.165, 1.54) is 0 Å². The third-order valence-corrected chi connectivity index (χ3v) is 2.79. The SMILES string of the molecule is [C-]#[N+]/C(C#N)=C(/C)c1ccc(OCCOC(=O)C(=C)C)cc1. The van der Waals surface area contributed by atoms with Crippen molar-refractivity contribution in [2.24, 2.45) is 0 Å². The molecule has 5 nitrogen and oxygen atoms in total. The Morgan fingerprint density at radius 2 is 1.95 bits per heavy atom. The minimum atomic E-state index is -0.442. The van der Waals surface area contributed by atoms with E-state index in [1.54, 1.807) is 38.1 Å². The van der Waals surface area contributed by atoms with Crippen LogP contribution >= 0.6 is 0 Å². The maximum Gasteiger partial charge on any atom is 0.333 e. The highest BCUT2D eigenvalue weighted by atomic mass is 16.6. The van der Waals surface area contributed by atoms with Gasteiger partial charge in [0.25, 0.3) is 5.70 Å².